The van der Waals surface area contributed by atoms with Gasteiger partial charge in [0.15, 0.2) is 5.82 Å². The van der Waals surface area contributed by atoms with E-state index < -0.39 is 12.2 Å². The van der Waals surface area contributed by atoms with E-state index in [9.17, 15) is 18.4 Å². The van der Waals surface area contributed by atoms with Gasteiger partial charge in [0.2, 0.25) is 23.6 Å². The fourth-order valence-electron chi connectivity index (χ4n) is 5.24. The number of aromatic nitrogens is 4. The third kappa shape index (κ3) is 6.39. The van der Waals surface area contributed by atoms with Gasteiger partial charge < -0.3 is 24.2 Å². The van der Waals surface area contributed by atoms with Crippen LogP contribution in [-0.4, -0.2) is 101 Å². The fourth-order valence-corrected chi connectivity index (χ4v) is 5.24. The van der Waals surface area contributed by atoms with Crippen molar-refractivity contribution in [3.8, 4) is 11.7 Å². The number of para-hydroxylation sites is 2. The van der Waals surface area contributed by atoms with Crippen molar-refractivity contribution in [2.75, 3.05) is 58.9 Å². The van der Waals surface area contributed by atoms with Crippen LogP contribution in [0.5, 0.6) is 5.88 Å². The molecule has 13 heteroatoms. The van der Waals surface area contributed by atoms with E-state index in [1.807, 2.05) is 4.90 Å². The molecule has 0 bridgehead atoms. The van der Waals surface area contributed by atoms with Crippen LogP contribution in [0.15, 0.2) is 30.3 Å². The Kier molecular flexibility index (Phi) is 8.62. The zero-order valence-corrected chi connectivity index (χ0v) is 23.5. The minimum atomic E-state index is -2.81. The molecule has 0 radical (unpaired) electrons. The van der Waals surface area contributed by atoms with Gasteiger partial charge in [-0.05, 0) is 37.8 Å². The van der Waals surface area contributed by atoms with Crippen molar-refractivity contribution < 1.29 is 27.8 Å². The molecule has 0 spiro atoms. The lowest BCUT2D eigenvalue weighted by atomic mass is 9.86. The number of likely N-dealkylation sites (N-methyl/N-ethyl adjacent to an activating group) is 2. The van der Waals surface area contributed by atoms with Crippen molar-refractivity contribution in [2.45, 2.75) is 38.2 Å². The Hall–Kier alpha value is -3.87. The Morgan fingerprint density at radius 3 is 2.44 bits per heavy atom. The van der Waals surface area contributed by atoms with Gasteiger partial charge >= 0.3 is 0 Å². The molecule has 0 atom stereocenters. The van der Waals surface area contributed by atoms with Crippen LogP contribution in [0, 0.1) is 5.92 Å². The van der Waals surface area contributed by atoms with Gasteiger partial charge in [0, 0.05) is 46.2 Å². The number of imidazole rings is 1. The maximum absolute atomic E-state index is 14.1. The van der Waals surface area contributed by atoms with Crippen LogP contribution in [0.2, 0.25) is 0 Å². The number of benzene rings is 1. The van der Waals surface area contributed by atoms with E-state index in [1.54, 1.807) is 51.5 Å². The summed E-state index contributed by atoms with van der Waals surface area (Å²) < 4.78 is 41.4. The molecule has 5 rings (SSSR count). The number of nitrogens with zero attached hydrogens (tertiary/aromatic N) is 7. The summed E-state index contributed by atoms with van der Waals surface area (Å²) in [5.74, 6) is 0.118. The summed E-state index contributed by atoms with van der Waals surface area (Å²) in [6, 6.07) is 8.51. The minimum absolute atomic E-state index is 0.0415. The highest BCUT2D eigenvalue weighted by atomic mass is 19.3. The number of carbonyl (C=O) groups is 2. The minimum Gasteiger partial charge on any atom is -0.474 e. The number of anilines is 1. The molecular weight excluding hydrogens is 536 g/mol. The largest absolute Gasteiger partial charge is 0.474 e. The van der Waals surface area contributed by atoms with E-state index in [4.69, 9.17) is 9.47 Å². The van der Waals surface area contributed by atoms with Crippen molar-refractivity contribution in [1.82, 2.24) is 29.3 Å². The molecule has 41 heavy (non-hydrogen) atoms. The molecule has 1 saturated heterocycles. The number of hydrogen-bond acceptors (Lipinski definition) is 8. The van der Waals surface area contributed by atoms with Gasteiger partial charge in [-0.25, -0.2) is 13.8 Å². The lowest BCUT2D eigenvalue weighted by molar-refractivity contribution is -0.141. The molecule has 2 fully saturated rings. The van der Waals surface area contributed by atoms with Crippen LogP contribution < -0.4 is 9.64 Å². The SMILES string of the molecule is CN(C)C(=O)CN(C)C(=O)C1CCC(Oc2cc(-n3c(C(F)F)nc4ccccc43)nc(N3CCOCC3)n2)CC1. The average molecular weight is 572 g/mol. The second kappa shape index (κ2) is 12.3. The molecule has 0 N–H and O–H groups in total. The molecule has 3 heterocycles. The van der Waals surface area contributed by atoms with E-state index >= 15 is 0 Å². The first-order valence-electron chi connectivity index (χ1n) is 13.8. The topological polar surface area (TPSA) is 106 Å². The summed E-state index contributed by atoms with van der Waals surface area (Å²) in [4.78, 5) is 43.3. The highest BCUT2D eigenvalue weighted by molar-refractivity contribution is 5.85. The lowest BCUT2D eigenvalue weighted by Crippen LogP contribution is -2.42. The maximum atomic E-state index is 14.1. The number of ether oxygens (including phenoxy) is 2. The zero-order valence-electron chi connectivity index (χ0n) is 23.5. The third-order valence-electron chi connectivity index (χ3n) is 7.54. The van der Waals surface area contributed by atoms with Crippen LogP contribution in [0.1, 0.15) is 37.9 Å². The highest BCUT2D eigenvalue weighted by Gasteiger charge is 2.31. The van der Waals surface area contributed by atoms with E-state index in [0.29, 0.717) is 69.0 Å². The molecule has 220 valence electrons. The van der Waals surface area contributed by atoms with Crippen LogP contribution in [0.25, 0.3) is 16.9 Å². The van der Waals surface area contributed by atoms with Crippen LogP contribution in [0.3, 0.4) is 0 Å². The number of rotatable bonds is 8. The van der Waals surface area contributed by atoms with Gasteiger partial charge in [-0.1, -0.05) is 12.1 Å². The van der Waals surface area contributed by atoms with Crippen LogP contribution >= 0.6 is 0 Å². The van der Waals surface area contributed by atoms with E-state index in [2.05, 4.69) is 15.0 Å². The summed E-state index contributed by atoms with van der Waals surface area (Å²) in [6.45, 7) is 2.18. The van der Waals surface area contributed by atoms with Gasteiger partial charge in [0.25, 0.3) is 6.43 Å². The predicted molar refractivity (Wildman–Crippen MR) is 147 cm³/mol. The number of carbonyl (C=O) groups excluding carboxylic acids is 2. The van der Waals surface area contributed by atoms with Crippen molar-refractivity contribution in [3.05, 3.63) is 36.2 Å². The van der Waals surface area contributed by atoms with Crippen LogP contribution in [-0.2, 0) is 14.3 Å². The fraction of sp³-hybridized carbons (Fsp3) is 0.536. The Labute approximate surface area is 237 Å². The van der Waals surface area contributed by atoms with Crippen LogP contribution in [0.4, 0.5) is 14.7 Å². The maximum Gasteiger partial charge on any atom is 0.296 e. The van der Waals surface area contributed by atoms with Crippen molar-refractivity contribution >= 4 is 28.8 Å². The number of hydrogen-bond donors (Lipinski definition) is 0. The number of amides is 2. The lowest BCUT2D eigenvalue weighted by Gasteiger charge is -2.31. The number of alkyl halides is 2. The van der Waals surface area contributed by atoms with Gasteiger partial charge in [0.05, 0.1) is 30.8 Å². The molecular formula is C28H35F2N7O4. The smallest absolute Gasteiger partial charge is 0.296 e. The summed E-state index contributed by atoms with van der Waals surface area (Å²) in [7, 11) is 4.97. The summed E-state index contributed by atoms with van der Waals surface area (Å²) in [5.41, 5.74) is 0.952. The second-order valence-corrected chi connectivity index (χ2v) is 10.6. The Bertz CT molecular complexity index is 1390. The molecule has 1 saturated carbocycles. The third-order valence-corrected chi connectivity index (χ3v) is 7.54. The normalized spacial score (nSPS) is 19.4. The van der Waals surface area contributed by atoms with E-state index in [0.717, 1.165) is 0 Å². The molecule has 0 unspecified atom stereocenters. The second-order valence-electron chi connectivity index (χ2n) is 10.6. The Morgan fingerprint density at radius 2 is 1.76 bits per heavy atom. The van der Waals surface area contributed by atoms with Crippen molar-refractivity contribution in [2.24, 2.45) is 5.92 Å². The first kappa shape index (κ1) is 28.7. The highest BCUT2D eigenvalue weighted by Crippen LogP contribution is 2.32. The molecule has 1 aliphatic heterocycles. The molecule has 1 aliphatic carbocycles. The number of fused-ring (bicyclic) bond motifs is 1. The number of halogens is 2. The van der Waals surface area contributed by atoms with Gasteiger partial charge in [-0.15, -0.1) is 0 Å². The first-order valence-corrected chi connectivity index (χ1v) is 13.8. The quantitative estimate of drug-likeness (QED) is 0.406. The van der Waals surface area contributed by atoms with Crippen molar-refractivity contribution in [1.29, 1.82) is 0 Å². The molecule has 1 aromatic carbocycles. The molecule has 2 amide bonds. The van der Waals surface area contributed by atoms with Gasteiger partial charge in [-0.3, -0.25) is 14.2 Å². The monoisotopic (exact) mass is 571 g/mol. The van der Waals surface area contributed by atoms with E-state index in [-0.39, 0.29) is 42.1 Å². The van der Waals surface area contributed by atoms with E-state index in [1.165, 1.54) is 14.4 Å². The number of morpholine rings is 1. The average Bonchev–Trinajstić information content (AvgIpc) is 3.37. The van der Waals surface area contributed by atoms with Gasteiger partial charge in [0.1, 0.15) is 11.9 Å². The first-order chi connectivity index (χ1) is 19.7. The Morgan fingerprint density at radius 1 is 1.05 bits per heavy atom. The predicted octanol–water partition coefficient (Wildman–Crippen LogP) is 3.07. The van der Waals surface area contributed by atoms with Gasteiger partial charge in [-0.2, -0.15) is 9.97 Å². The molecule has 2 aromatic heterocycles. The molecule has 11 nitrogen and oxygen atoms in total. The Balaban J connectivity index is 1.37. The van der Waals surface area contributed by atoms with Crippen molar-refractivity contribution in [3.63, 3.8) is 0 Å². The summed E-state index contributed by atoms with van der Waals surface area (Å²) >= 11 is 0. The standard InChI is InChI=1S/C28H35F2N7O4/c1-34(2)24(38)17-35(3)27(39)18-8-10-19(11-9-18)41-23-16-22(32-28(33-23)36-12-14-40-15-13-36)37-21-7-5-4-6-20(21)31-26(37)25(29)30/h4-7,16,18-19,25H,8-15,17H2,1-3H3. The molecule has 2 aliphatic rings. The summed E-state index contributed by atoms with van der Waals surface area (Å²) in [6.07, 6.45) is -0.558. The molecule has 3 aromatic rings. The summed E-state index contributed by atoms with van der Waals surface area (Å²) in [5, 5.41) is 0. The zero-order chi connectivity index (χ0) is 29.1.